The molecule has 7 nitrogen and oxygen atoms in total. The van der Waals surface area contributed by atoms with Crippen LogP contribution < -0.4 is 4.74 Å². The van der Waals surface area contributed by atoms with Crippen molar-refractivity contribution in [2.24, 2.45) is 0 Å². The zero-order valence-electron chi connectivity index (χ0n) is 19.4. The maximum absolute atomic E-state index is 13.2. The van der Waals surface area contributed by atoms with Gasteiger partial charge >= 0.3 is 5.97 Å². The lowest BCUT2D eigenvalue weighted by atomic mass is 9.94. The van der Waals surface area contributed by atoms with Gasteiger partial charge in [0.25, 0.3) is 11.7 Å². The highest BCUT2D eigenvalue weighted by molar-refractivity contribution is 6.46. The van der Waals surface area contributed by atoms with E-state index in [9.17, 15) is 19.5 Å². The maximum Gasteiger partial charge on any atom is 0.337 e. The summed E-state index contributed by atoms with van der Waals surface area (Å²) in [6.07, 6.45) is 0. The molecule has 1 aliphatic rings. The van der Waals surface area contributed by atoms with E-state index in [1.165, 1.54) is 12.0 Å². The number of nitrogens with zero attached hydrogens (tertiary/aromatic N) is 1. The molecule has 1 N–H and O–H groups in total. The molecule has 3 aromatic carbocycles. The smallest absolute Gasteiger partial charge is 0.337 e. The fraction of sp³-hybridized carbons (Fsp3) is 0.179. The molecule has 0 saturated carbocycles. The van der Waals surface area contributed by atoms with Gasteiger partial charge in [-0.05, 0) is 54.4 Å². The van der Waals surface area contributed by atoms with Gasteiger partial charge in [-0.2, -0.15) is 0 Å². The fourth-order valence-electron chi connectivity index (χ4n) is 4.12. The summed E-state index contributed by atoms with van der Waals surface area (Å²) in [5.74, 6) is -1.62. The Morgan fingerprint density at radius 3 is 2.14 bits per heavy atom. The Hall–Kier alpha value is -4.39. The van der Waals surface area contributed by atoms with Crippen LogP contribution in [0.2, 0.25) is 0 Å². The number of benzene rings is 3. The Morgan fingerprint density at radius 2 is 1.54 bits per heavy atom. The predicted molar refractivity (Wildman–Crippen MR) is 130 cm³/mol. The number of amides is 1. The lowest BCUT2D eigenvalue weighted by Crippen LogP contribution is -2.29. The number of esters is 1. The summed E-state index contributed by atoms with van der Waals surface area (Å²) in [5.41, 5.74) is 2.14. The van der Waals surface area contributed by atoms with Crippen LogP contribution in [0.4, 0.5) is 0 Å². The third kappa shape index (κ3) is 4.80. The Bertz CT molecular complexity index is 1260. The number of hydrogen-bond donors (Lipinski definition) is 1. The first-order chi connectivity index (χ1) is 16.9. The molecule has 1 heterocycles. The zero-order chi connectivity index (χ0) is 24.9. The summed E-state index contributed by atoms with van der Waals surface area (Å²) < 4.78 is 10.2. The van der Waals surface area contributed by atoms with Crippen molar-refractivity contribution in [3.05, 3.63) is 107 Å². The molecule has 3 aromatic rings. The Labute approximate surface area is 203 Å². The minimum absolute atomic E-state index is 0.0130. The SMILES string of the molecule is CCOc1ccc(/C(O)=C2/C(=O)C(=O)N(Cc3ccccc3)C2c2ccc(C(=O)OC)cc2)cc1. The molecule has 1 fully saturated rings. The van der Waals surface area contributed by atoms with Crippen molar-refractivity contribution in [3.63, 3.8) is 0 Å². The van der Waals surface area contributed by atoms with Crippen molar-refractivity contribution in [3.8, 4) is 5.75 Å². The van der Waals surface area contributed by atoms with Crippen LogP contribution >= 0.6 is 0 Å². The summed E-state index contributed by atoms with van der Waals surface area (Å²) >= 11 is 0. The fourth-order valence-corrected chi connectivity index (χ4v) is 4.12. The number of ether oxygens (including phenoxy) is 2. The summed E-state index contributed by atoms with van der Waals surface area (Å²) in [6.45, 7) is 2.54. The molecule has 178 valence electrons. The van der Waals surface area contributed by atoms with Crippen molar-refractivity contribution in [2.75, 3.05) is 13.7 Å². The van der Waals surface area contributed by atoms with Crippen LogP contribution in [0.5, 0.6) is 5.75 Å². The first-order valence-corrected chi connectivity index (χ1v) is 11.2. The average Bonchev–Trinajstić information content (AvgIpc) is 3.14. The molecule has 7 heteroatoms. The summed E-state index contributed by atoms with van der Waals surface area (Å²) in [4.78, 5) is 39.6. The first-order valence-electron chi connectivity index (χ1n) is 11.2. The number of Topliss-reactive ketones (excluding diaryl/α,β-unsaturated/α-hetero) is 1. The molecule has 0 spiro atoms. The van der Waals surface area contributed by atoms with Gasteiger partial charge in [0.05, 0.1) is 30.9 Å². The molecule has 4 rings (SSSR count). The number of ketones is 1. The third-order valence-corrected chi connectivity index (χ3v) is 5.82. The Balaban J connectivity index is 1.81. The topological polar surface area (TPSA) is 93.1 Å². The van der Waals surface area contributed by atoms with Crippen molar-refractivity contribution < 1.29 is 29.0 Å². The van der Waals surface area contributed by atoms with E-state index in [1.807, 2.05) is 37.3 Å². The lowest BCUT2D eigenvalue weighted by Gasteiger charge is -2.25. The van der Waals surface area contributed by atoms with Crippen LogP contribution in [0.15, 0.2) is 84.4 Å². The second-order valence-corrected chi connectivity index (χ2v) is 7.98. The van der Waals surface area contributed by atoms with Crippen LogP contribution in [0.1, 0.15) is 40.0 Å². The van der Waals surface area contributed by atoms with Crippen LogP contribution in [-0.2, 0) is 20.9 Å². The monoisotopic (exact) mass is 471 g/mol. The van der Waals surface area contributed by atoms with Gasteiger partial charge in [-0.1, -0.05) is 42.5 Å². The number of methoxy groups -OCH3 is 1. The van der Waals surface area contributed by atoms with Gasteiger partial charge in [-0.3, -0.25) is 9.59 Å². The van der Waals surface area contributed by atoms with Gasteiger partial charge in [-0.25, -0.2) is 4.79 Å². The highest BCUT2D eigenvalue weighted by Crippen LogP contribution is 2.40. The molecule has 1 aliphatic heterocycles. The maximum atomic E-state index is 13.2. The Kier molecular flexibility index (Phi) is 6.96. The number of hydrogen-bond acceptors (Lipinski definition) is 6. The predicted octanol–water partition coefficient (Wildman–Crippen LogP) is 4.49. The standard InChI is InChI=1S/C28H25NO6/c1-3-35-22-15-13-20(14-16-22)25(30)23-24(19-9-11-21(12-10-19)28(33)34-2)29(27(32)26(23)31)17-18-7-5-4-6-8-18/h4-16,24,30H,3,17H2,1-2H3/b25-23-. The molecular formula is C28H25NO6. The van der Waals surface area contributed by atoms with Gasteiger partial charge < -0.3 is 19.5 Å². The Morgan fingerprint density at radius 1 is 0.914 bits per heavy atom. The van der Waals surface area contributed by atoms with E-state index in [0.29, 0.717) is 29.0 Å². The van der Waals surface area contributed by atoms with E-state index in [1.54, 1.807) is 48.5 Å². The van der Waals surface area contributed by atoms with Gasteiger partial charge in [0, 0.05) is 12.1 Å². The van der Waals surface area contributed by atoms with E-state index in [4.69, 9.17) is 9.47 Å². The van der Waals surface area contributed by atoms with Crippen molar-refractivity contribution >= 4 is 23.4 Å². The molecule has 35 heavy (non-hydrogen) atoms. The van der Waals surface area contributed by atoms with E-state index < -0.39 is 23.7 Å². The number of aliphatic hydroxyl groups excluding tert-OH is 1. The number of aliphatic hydroxyl groups is 1. The van der Waals surface area contributed by atoms with E-state index in [-0.39, 0.29) is 17.9 Å². The summed E-state index contributed by atoms with van der Waals surface area (Å²) in [6, 6.07) is 21.6. The molecule has 0 aliphatic carbocycles. The van der Waals surface area contributed by atoms with Gasteiger partial charge in [0.2, 0.25) is 0 Å². The largest absolute Gasteiger partial charge is 0.507 e. The quantitative estimate of drug-likeness (QED) is 0.236. The zero-order valence-corrected chi connectivity index (χ0v) is 19.4. The third-order valence-electron chi connectivity index (χ3n) is 5.82. The lowest BCUT2D eigenvalue weighted by molar-refractivity contribution is -0.140. The molecule has 0 bridgehead atoms. The summed E-state index contributed by atoms with van der Waals surface area (Å²) in [5, 5.41) is 11.2. The van der Waals surface area contributed by atoms with E-state index >= 15 is 0 Å². The normalized spacial score (nSPS) is 16.9. The number of carbonyl (C=O) groups is 3. The van der Waals surface area contributed by atoms with Crippen LogP contribution in [0.25, 0.3) is 5.76 Å². The molecular weight excluding hydrogens is 446 g/mol. The molecule has 0 radical (unpaired) electrons. The van der Waals surface area contributed by atoms with E-state index in [0.717, 1.165) is 5.56 Å². The molecule has 0 aromatic heterocycles. The summed E-state index contributed by atoms with van der Waals surface area (Å²) in [7, 11) is 1.29. The van der Waals surface area contributed by atoms with Crippen LogP contribution in [0, 0.1) is 0 Å². The minimum Gasteiger partial charge on any atom is -0.507 e. The molecule has 1 saturated heterocycles. The number of carbonyl (C=O) groups excluding carboxylic acids is 3. The highest BCUT2D eigenvalue weighted by atomic mass is 16.5. The first kappa shape index (κ1) is 23.8. The van der Waals surface area contributed by atoms with Gasteiger partial charge in [-0.15, -0.1) is 0 Å². The molecule has 1 amide bonds. The number of rotatable bonds is 7. The van der Waals surface area contributed by atoms with Crippen LogP contribution in [-0.4, -0.2) is 41.4 Å². The highest BCUT2D eigenvalue weighted by Gasteiger charge is 2.46. The van der Waals surface area contributed by atoms with Crippen LogP contribution in [0.3, 0.4) is 0 Å². The van der Waals surface area contributed by atoms with Gasteiger partial charge in [0.15, 0.2) is 0 Å². The van der Waals surface area contributed by atoms with E-state index in [2.05, 4.69) is 0 Å². The number of likely N-dealkylation sites (tertiary alicyclic amines) is 1. The molecule has 1 atom stereocenters. The second-order valence-electron chi connectivity index (χ2n) is 7.98. The van der Waals surface area contributed by atoms with Crippen molar-refractivity contribution in [1.29, 1.82) is 0 Å². The van der Waals surface area contributed by atoms with Crippen molar-refractivity contribution in [1.82, 2.24) is 4.90 Å². The minimum atomic E-state index is -0.839. The molecule has 1 unspecified atom stereocenters. The average molecular weight is 472 g/mol. The van der Waals surface area contributed by atoms with Gasteiger partial charge in [0.1, 0.15) is 11.5 Å². The van der Waals surface area contributed by atoms with Crippen molar-refractivity contribution in [2.45, 2.75) is 19.5 Å². The second kappa shape index (κ2) is 10.3.